The second kappa shape index (κ2) is 11.6. The predicted octanol–water partition coefficient (Wildman–Crippen LogP) is 9.64. The van der Waals surface area contributed by atoms with Crippen LogP contribution in [0.3, 0.4) is 0 Å². The molecule has 0 aliphatic heterocycles. The zero-order chi connectivity index (χ0) is 30.1. The fraction of sp³-hybridized carbons (Fsp3) is 0.591. The second-order valence-corrected chi connectivity index (χ2v) is 11.1. The van der Waals surface area contributed by atoms with E-state index in [0.29, 0.717) is 6.08 Å². The topological polar surface area (TPSA) is 0 Å². The summed E-state index contributed by atoms with van der Waals surface area (Å²) >= 11 is -2.93. The summed E-state index contributed by atoms with van der Waals surface area (Å²) in [5.74, 6) is -23.2. The van der Waals surface area contributed by atoms with E-state index in [1.54, 1.807) is 0 Å². The molecule has 0 saturated carbocycles. The first-order chi connectivity index (χ1) is 16.9. The quantitative estimate of drug-likeness (QED) is 0.0835. The number of alkyl halides is 12. The average molecular weight is 696 g/mol. The number of hydrogen-bond acceptors (Lipinski definition) is 0. The maximum absolute atomic E-state index is 15.1. The number of rotatable bonds is 13. The molecular formula is C22H20F15I. The minimum Gasteiger partial charge on any atom is -0.237 e. The smallest absolute Gasteiger partial charge is 0.237 e. The van der Waals surface area contributed by atoms with Gasteiger partial charge >= 0.3 is 6.18 Å². The highest BCUT2D eigenvalue weighted by atomic mass is 127. The summed E-state index contributed by atoms with van der Waals surface area (Å²) in [7, 11) is 0. The Kier molecular flexibility index (Phi) is 10.5. The molecule has 0 saturated heterocycles. The zero-order valence-electron chi connectivity index (χ0n) is 19.3. The monoisotopic (exact) mass is 696 g/mol. The Bertz CT molecular complexity index is 1000. The Balaban J connectivity index is 3.19. The molecule has 220 valence electrons. The van der Waals surface area contributed by atoms with Gasteiger partial charge in [-0.15, -0.1) is 0 Å². The van der Waals surface area contributed by atoms with Crippen LogP contribution in [0.5, 0.6) is 0 Å². The van der Waals surface area contributed by atoms with Crippen molar-refractivity contribution in [1.82, 2.24) is 0 Å². The molecule has 0 heterocycles. The molecule has 0 N–H and O–H groups in total. The van der Waals surface area contributed by atoms with E-state index < -0.39 is 127 Å². The summed E-state index contributed by atoms with van der Waals surface area (Å²) in [6.07, 6.45) is -18.1. The Morgan fingerprint density at radius 1 is 0.684 bits per heavy atom. The van der Waals surface area contributed by atoms with Gasteiger partial charge in [0.1, 0.15) is 0 Å². The molecule has 16 heteroatoms. The SMILES string of the molecule is C=Cc1c(F)c(F)c(CCC(F)(F)CC(F)(I=C)C(F)(F)CC(C)(F)C(F)(F)CCC(F)(F)F)c(F)c1F. The third-order valence-corrected chi connectivity index (χ3v) is 7.98. The van der Waals surface area contributed by atoms with E-state index in [1.807, 2.05) is 0 Å². The van der Waals surface area contributed by atoms with Crippen LogP contribution in [-0.2, 0) is 6.42 Å². The molecule has 0 spiro atoms. The molecule has 1 rings (SSSR count). The fourth-order valence-electron chi connectivity index (χ4n) is 3.32. The van der Waals surface area contributed by atoms with Crippen LogP contribution in [0.1, 0.15) is 50.2 Å². The molecule has 0 bridgehead atoms. The summed E-state index contributed by atoms with van der Waals surface area (Å²) in [5.41, 5.74) is -7.31. The first-order valence-corrected chi connectivity index (χ1v) is 12.9. The maximum atomic E-state index is 15.1. The van der Waals surface area contributed by atoms with Crippen molar-refractivity contribution in [2.75, 3.05) is 0 Å². The Labute approximate surface area is 217 Å². The summed E-state index contributed by atoms with van der Waals surface area (Å²) in [4.78, 5) is 0. The van der Waals surface area contributed by atoms with Crippen molar-refractivity contribution in [3.63, 3.8) is 0 Å². The highest BCUT2D eigenvalue weighted by Gasteiger charge is 2.64. The lowest BCUT2D eigenvalue weighted by atomic mass is 9.86. The van der Waals surface area contributed by atoms with Crippen LogP contribution in [0.25, 0.3) is 6.08 Å². The van der Waals surface area contributed by atoms with Gasteiger partial charge in [-0.05, 0) is 13.3 Å². The van der Waals surface area contributed by atoms with Crippen LogP contribution in [-0.4, -0.2) is 37.8 Å². The van der Waals surface area contributed by atoms with Crippen molar-refractivity contribution in [3.8, 4) is 0 Å². The number of halogens is 16. The normalized spacial score (nSPS) is 16.7. The van der Waals surface area contributed by atoms with E-state index in [4.69, 9.17) is 0 Å². The summed E-state index contributed by atoms with van der Waals surface area (Å²) < 4.78 is 206. The highest BCUT2D eigenvalue weighted by molar-refractivity contribution is 14.2. The Morgan fingerprint density at radius 3 is 1.55 bits per heavy atom. The van der Waals surface area contributed by atoms with Crippen molar-refractivity contribution < 1.29 is 65.9 Å². The van der Waals surface area contributed by atoms with Crippen molar-refractivity contribution in [3.05, 3.63) is 41.0 Å². The maximum Gasteiger partial charge on any atom is 0.389 e. The highest BCUT2D eigenvalue weighted by Crippen LogP contribution is 2.54. The van der Waals surface area contributed by atoms with E-state index in [2.05, 4.69) is 11.1 Å². The van der Waals surface area contributed by atoms with Gasteiger partial charge in [-0.2, -0.15) is 13.2 Å². The largest absolute Gasteiger partial charge is 0.389 e. The van der Waals surface area contributed by atoms with Gasteiger partial charge < -0.3 is 0 Å². The molecule has 0 fully saturated rings. The van der Waals surface area contributed by atoms with E-state index in [1.165, 1.54) is 0 Å². The molecule has 0 radical (unpaired) electrons. The second-order valence-electron chi connectivity index (χ2n) is 8.62. The van der Waals surface area contributed by atoms with Crippen molar-refractivity contribution in [2.24, 2.45) is 0 Å². The van der Waals surface area contributed by atoms with Crippen LogP contribution in [0.4, 0.5) is 65.9 Å². The lowest BCUT2D eigenvalue weighted by Gasteiger charge is -2.38. The molecular weight excluding hydrogens is 676 g/mol. The molecule has 0 amide bonds. The van der Waals surface area contributed by atoms with Crippen molar-refractivity contribution in [2.45, 2.75) is 78.7 Å². The lowest BCUT2D eigenvalue weighted by molar-refractivity contribution is -0.210. The molecule has 0 nitrogen and oxygen atoms in total. The third kappa shape index (κ3) is 7.79. The summed E-state index contributed by atoms with van der Waals surface area (Å²) in [5, 5.41) is 0. The summed E-state index contributed by atoms with van der Waals surface area (Å²) in [6.45, 7) is 2.67. The number of benzene rings is 1. The van der Waals surface area contributed by atoms with Gasteiger partial charge in [0.2, 0.25) is 3.68 Å². The van der Waals surface area contributed by atoms with Crippen LogP contribution in [0, 0.1) is 23.3 Å². The van der Waals surface area contributed by atoms with Gasteiger partial charge in [0.25, 0.3) is 17.8 Å². The van der Waals surface area contributed by atoms with E-state index in [-0.39, 0.29) is 6.92 Å². The van der Waals surface area contributed by atoms with Gasteiger partial charge in [-0.3, -0.25) is 0 Å². The van der Waals surface area contributed by atoms with Crippen molar-refractivity contribution >= 4 is 31.3 Å². The van der Waals surface area contributed by atoms with Gasteiger partial charge in [-0.1, -0.05) is 37.9 Å². The van der Waals surface area contributed by atoms with E-state index >= 15 is 4.39 Å². The lowest BCUT2D eigenvalue weighted by Crippen LogP contribution is -2.52. The van der Waals surface area contributed by atoms with Crippen LogP contribution in [0.15, 0.2) is 6.58 Å². The van der Waals surface area contributed by atoms with Gasteiger partial charge in [0.15, 0.2) is 28.9 Å². The van der Waals surface area contributed by atoms with Gasteiger partial charge in [-0.25, -0.2) is 52.7 Å². The fourth-order valence-corrected chi connectivity index (χ4v) is 4.90. The Morgan fingerprint density at radius 2 is 1.16 bits per heavy atom. The van der Waals surface area contributed by atoms with Gasteiger partial charge in [0, 0.05) is 24.8 Å². The molecule has 38 heavy (non-hydrogen) atoms. The molecule has 2 atom stereocenters. The summed E-state index contributed by atoms with van der Waals surface area (Å²) in [6, 6.07) is 0. The number of hydrogen-bond donors (Lipinski definition) is 0. The molecule has 1 aromatic rings. The molecule has 2 unspecified atom stereocenters. The third-order valence-electron chi connectivity index (χ3n) is 5.60. The minimum atomic E-state index is -5.31. The molecule has 0 aliphatic carbocycles. The zero-order valence-corrected chi connectivity index (χ0v) is 21.4. The predicted molar refractivity (Wildman–Crippen MR) is 119 cm³/mol. The van der Waals surface area contributed by atoms with Crippen LogP contribution >= 0.6 is 20.7 Å². The Hall–Kier alpha value is -1.49. The first kappa shape index (κ1) is 34.5. The van der Waals surface area contributed by atoms with E-state index in [9.17, 15) is 61.5 Å². The minimum absolute atomic E-state index is 0.237. The first-order valence-electron chi connectivity index (χ1n) is 10.3. The van der Waals surface area contributed by atoms with Gasteiger partial charge in [0.05, 0.1) is 18.4 Å². The van der Waals surface area contributed by atoms with Crippen LogP contribution in [0.2, 0.25) is 0 Å². The van der Waals surface area contributed by atoms with E-state index in [0.717, 1.165) is 0 Å². The molecule has 1 aromatic carbocycles. The van der Waals surface area contributed by atoms with Crippen LogP contribution < -0.4 is 0 Å². The standard InChI is InChI=1S/C22H20F15I/c1-4-11-13(23)15(25)12(16(26)14(11)24)5-6-18(28,29)10-21(34,38-3)20(32,33)9-17(2,27)19(30,31)7-8-22(35,36)37/h4H,1,3,5-10H2,2H3. The molecule has 0 aromatic heterocycles. The average Bonchev–Trinajstić information content (AvgIpc) is 2.75. The molecule has 0 aliphatic rings. The van der Waals surface area contributed by atoms with Crippen molar-refractivity contribution in [1.29, 1.82) is 0 Å².